The van der Waals surface area contributed by atoms with Crippen LogP contribution >= 0.6 is 15.0 Å². The second-order valence-corrected chi connectivity index (χ2v) is 24.0. The molecular weight excluding hydrogens is 840 g/mol. The number of nitriles is 1. The highest BCUT2D eigenvalue weighted by atomic mass is 32.5. The van der Waals surface area contributed by atoms with Gasteiger partial charge >= 0.3 is 15.0 Å². The van der Waals surface area contributed by atoms with Crippen LogP contribution < -0.4 is 16.2 Å². The highest BCUT2D eigenvalue weighted by molar-refractivity contribution is 8.07. The van der Waals surface area contributed by atoms with Crippen LogP contribution in [-0.2, 0) is 48.4 Å². The minimum atomic E-state index is -4.02. The number of aliphatic hydroxyl groups is 1. The zero-order chi connectivity index (χ0) is 42.6. The molecule has 0 bridgehead atoms. The number of halogens is 1. The van der Waals surface area contributed by atoms with Gasteiger partial charge in [-0.3, -0.25) is 29.0 Å². The summed E-state index contributed by atoms with van der Waals surface area (Å²) < 4.78 is 66.4. The molecule has 20 nitrogen and oxygen atoms in total. The maximum Gasteiger partial charge on any atom is 0.695 e. The molecule has 5 rings (SSSR count). The highest BCUT2D eigenvalue weighted by Gasteiger charge is 2.55. The van der Waals surface area contributed by atoms with E-state index in [2.05, 4.69) is 35.6 Å². The Morgan fingerprint density at radius 3 is 2.64 bits per heavy atom. The summed E-state index contributed by atoms with van der Waals surface area (Å²) in [7, 11) is -5.92. The Hall–Kier alpha value is -3.23. The average Bonchev–Trinajstić information content (AvgIpc) is 3.80. The van der Waals surface area contributed by atoms with Crippen LogP contribution in [0.4, 0.5) is 16.2 Å². The summed E-state index contributed by atoms with van der Waals surface area (Å²) >= 11 is 5.97. The number of imidazole rings is 1. The van der Waals surface area contributed by atoms with Crippen LogP contribution in [0.25, 0.3) is 11.2 Å². The van der Waals surface area contributed by atoms with E-state index < -0.39 is 96.1 Å². The smallest absolute Gasteiger partial charge is 0.408 e. The molecule has 1 aliphatic heterocycles. The van der Waals surface area contributed by atoms with Crippen molar-refractivity contribution in [3.63, 3.8) is 0 Å². The topological polar surface area (TPSA) is 267 Å². The van der Waals surface area contributed by atoms with Crippen LogP contribution in [0.15, 0.2) is 29.7 Å². The van der Waals surface area contributed by atoms with E-state index in [-0.39, 0.29) is 48.2 Å². The van der Waals surface area contributed by atoms with Gasteiger partial charge in [0.05, 0.1) is 44.7 Å². The van der Waals surface area contributed by atoms with Crippen molar-refractivity contribution in [1.29, 1.82) is 5.26 Å². The molecule has 1 unspecified atom stereocenters. The minimum Gasteiger partial charge on any atom is -0.408 e. The van der Waals surface area contributed by atoms with Crippen LogP contribution in [0.5, 0.6) is 0 Å². The molecule has 318 valence electrons. The number of nitrogens with zero attached hydrogens (tertiary/aromatic N) is 6. The van der Waals surface area contributed by atoms with E-state index in [1.165, 1.54) is 29.5 Å². The molecule has 0 spiro atoms. The molecular formula is C33H49FN9O11P2SSi+. The largest absolute Gasteiger partial charge is 0.695 e. The van der Waals surface area contributed by atoms with E-state index in [4.69, 9.17) is 39.1 Å². The van der Waals surface area contributed by atoms with Crippen LogP contribution in [-0.4, -0.2) is 110 Å². The normalized spacial score (nSPS) is 26.4. The Morgan fingerprint density at radius 1 is 1.28 bits per heavy atom. The predicted octanol–water partition coefficient (Wildman–Crippen LogP) is 4.21. The third-order valence-corrected chi connectivity index (χ3v) is 17.4. The minimum absolute atomic E-state index is 0.00836. The molecule has 2 fully saturated rings. The first-order chi connectivity index (χ1) is 27.3. The number of aromatic amines is 1. The molecule has 10 atom stereocenters. The van der Waals surface area contributed by atoms with Gasteiger partial charge in [-0.25, -0.2) is 19.3 Å². The van der Waals surface area contributed by atoms with Crippen molar-refractivity contribution in [1.82, 2.24) is 29.5 Å². The van der Waals surface area contributed by atoms with Gasteiger partial charge in [0.2, 0.25) is 11.9 Å². The molecule has 0 aromatic carbocycles. The number of H-pyrrole nitrogens is 1. The summed E-state index contributed by atoms with van der Waals surface area (Å²) in [6, 6.07) is 2.60. The number of fused-ring (bicyclic) bond motifs is 1. The van der Waals surface area contributed by atoms with Gasteiger partial charge in [0.1, 0.15) is 30.5 Å². The molecule has 25 heteroatoms. The van der Waals surface area contributed by atoms with Crippen molar-refractivity contribution in [2.45, 2.75) is 108 Å². The molecule has 1 saturated carbocycles. The van der Waals surface area contributed by atoms with E-state index in [0.29, 0.717) is 5.82 Å². The first-order valence-corrected chi connectivity index (χ1v) is 25.0. The lowest BCUT2D eigenvalue weighted by atomic mass is 10.1. The Bertz CT molecular complexity index is 2070. The van der Waals surface area contributed by atoms with E-state index in [0.717, 1.165) is 0 Å². The van der Waals surface area contributed by atoms with Gasteiger partial charge in [0.15, 0.2) is 38.0 Å². The maximum absolute atomic E-state index is 15.9. The van der Waals surface area contributed by atoms with Gasteiger partial charge in [-0.05, 0) is 42.4 Å². The second-order valence-electron chi connectivity index (χ2n) is 15.6. The molecule has 1 saturated heterocycles. The van der Waals surface area contributed by atoms with Crippen LogP contribution in [0.1, 0.15) is 53.7 Å². The number of carbonyl (C=O) groups excluding carboxylic acids is 1. The molecule has 2 aliphatic rings. The van der Waals surface area contributed by atoms with E-state index in [1.54, 1.807) is 13.8 Å². The summed E-state index contributed by atoms with van der Waals surface area (Å²) in [4.78, 5) is 54.5. The standard InChI is InChI=1S/C33H48FN9O11P2SSi/c1-18(2)29(45)41-32-40-28-24(30(46)42-32)38-17-43(28)31-27(26(21(14-44)51-31)54-58(6,7)33(3,4)5)53-56(57,49-12-8-10-35)50-15-19-13-20(23(34)25(19)52-55(47)48)39-22-9-11-36-16-37-22/h9,11,16-21,23,25-27,31,44H,8,12-15H2,1-7H3,(H3-,36,37,39,40,41,42,45,46,47,48)/p+1/t19-,20-,21-,23+,25-,26-,27-,31-,56+/m1/s1. The fourth-order valence-electron chi connectivity index (χ4n) is 6.12. The third-order valence-electron chi connectivity index (χ3n) is 10.2. The summed E-state index contributed by atoms with van der Waals surface area (Å²) in [6.45, 7) is 8.22. The molecule has 3 aromatic rings. The summed E-state index contributed by atoms with van der Waals surface area (Å²) in [5.41, 5.74) is -0.762. The number of nitrogens with one attached hydrogen (secondary N) is 3. The van der Waals surface area contributed by atoms with Gasteiger partial charge in [-0.1, -0.05) is 34.6 Å². The van der Waals surface area contributed by atoms with Crippen molar-refractivity contribution in [3.8, 4) is 6.07 Å². The van der Waals surface area contributed by atoms with Gasteiger partial charge in [-0.15, -0.1) is 9.42 Å². The number of rotatable bonds is 18. The Labute approximate surface area is 340 Å². The van der Waals surface area contributed by atoms with Crippen molar-refractivity contribution in [2.24, 2.45) is 11.8 Å². The Balaban J connectivity index is 1.53. The molecule has 3 aromatic heterocycles. The highest BCUT2D eigenvalue weighted by Crippen LogP contribution is 2.56. The number of anilines is 2. The van der Waals surface area contributed by atoms with E-state index >= 15 is 4.39 Å². The van der Waals surface area contributed by atoms with Gasteiger partial charge in [0, 0.05) is 22.6 Å². The number of ether oxygens (including phenoxy) is 1. The zero-order valence-electron chi connectivity index (χ0n) is 33.0. The Morgan fingerprint density at radius 2 is 2.02 bits per heavy atom. The van der Waals surface area contributed by atoms with E-state index in [1.807, 2.05) is 39.9 Å². The number of hydrogen-bond acceptors (Lipinski definition) is 17. The van der Waals surface area contributed by atoms with Gasteiger partial charge in [0.25, 0.3) is 5.56 Å². The summed E-state index contributed by atoms with van der Waals surface area (Å²) in [5, 5.41) is 25.3. The lowest BCUT2D eigenvalue weighted by Gasteiger charge is -2.41. The van der Waals surface area contributed by atoms with Crippen LogP contribution in [0.3, 0.4) is 0 Å². The lowest BCUT2D eigenvalue weighted by molar-refractivity contribution is -0.118. The number of alkyl halides is 1. The predicted molar refractivity (Wildman–Crippen MR) is 213 cm³/mol. The van der Waals surface area contributed by atoms with Crippen molar-refractivity contribution in [2.75, 3.05) is 30.5 Å². The van der Waals surface area contributed by atoms with Gasteiger partial charge in [-0.2, -0.15) is 10.2 Å². The molecule has 4 heterocycles. The number of aliphatic hydroxyl groups excluding tert-OH is 1. The van der Waals surface area contributed by atoms with Crippen LogP contribution in [0, 0.1) is 23.2 Å². The summed E-state index contributed by atoms with van der Waals surface area (Å²) in [5.74, 6) is -1.52. The maximum atomic E-state index is 15.9. The van der Waals surface area contributed by atoms with E-state index in [9.17, 15) is 29.4 Å². The van der Waals surface area contributed by atoms with Crippen molar-refractivity contribution < 1.29 is 51.0 Å². The summed E-state index contributed by atoms with van der Waals surface area (Å²) in [6.07, 6.45) is -3.79. The molecule has 5 N–H and O–H groups in total. The molecule has 58 heavy (non-hydrogen) atoms. The number of aromatic nitrogens is 6. The van der Waals surface area contributed by atoms with Crippen LogP contribution in [0.2, 0.25) is 18.1 Å². The quantitative estimate of drug-likeness (QED) is 0.0680. The number of amides is 1. The molecule has 0 radical (unpaired) electrons. The fraction of sp³-hybridized carbons (Fsp3) is 0.667. The zero-order valence-corrected chi connectivity index (χ0v) is 36.6. The average molecular weight is 889 g/mol. The number of carbonyl (C=O) groups is 1. The fourth-order valence-corrected chi connectivity index (χ4v) is 10.0. The first-order valence-electron chi connectivity index (χ1n) is 18.4. The lowest BCUT2D eigenvalue weighted by Crippen LogP contribution is -2.50. The first kappa shape index (κ1) is 45.8. The molecule has 1 aliphatic carbocycles. The Kier molecular flexibility index (Phi) is 15.0. The van der Waals surface area contributed by atoms with Crippen molar-refractivity contribution >= 4 is 63.9 Å². The second kappa shape index (κ2) is 19.0. The SMILES string of the molecule is CC(C)C(=O)Nc1nc2c(ncn2[C@@H]2O[C@H](CO)[C@@H](O[Si](C)(C)C(C)(C)C)[C@H]2O[P@](=S)(OCCC#N)OC[C@H]2C[C@@H](Nc3ccncn3)[C@H](F)[C@@H]2O[P+](=O)O)c(=O)[nH]1. The third kappa shape index (κ3) is 10.7. The number of hydrogen-bond donors (Lipinski definition) is 5. The monoisotopic (exact) mass is 888 g/mol. The van der Waals surface area contributed by atoms with Crippen molar-refractivity contribution in [3.05, 3.63) is 35.3 Å². The molecule has 1 amide bonds. The van der Waals surface area contributed by atoms with Gasteiger partial charge < -0.3 is 28.6 Å².